The number of hydrogen-bond acceptors (Lipinski definition) is 4. The van der Waals surface area contributed by atoms with Gasteiger partial charge in [-0.3, -0.25) is 0 Å². The predicted molar refractivity (Wildman–Crippen MR) is 51.8 cm³/mol. The standard InChI is InChI=1S/C10H14N2O3/c1-14-9-11-12(10(13)15-9)8(6-2-3-6)7-4-5-7/h6-8H,2-5H2,1H3. The molecule has 5 nitrogen and oxygen atoms in total. The molecule has 2 fully saturated rings. The smallest absolute Gasteiger partial charge is 0.439 e. The summed E-state index contributed by atoms with van der Waals surface area (Å²) in [5.41, 5.74) is 0. The van der Waals surface area contributed by atoms with Gasteiger partial charge >= 0.3 is 11.8 Å². The molecule has 0 aliphatic heterocycles. The van der Waals surface area contributed by atoms with Crippen molar-refractivity contribution in [3.05, 3.63) is 10.6 Å². The Kier molecular flexibility index (Phi) is 1.87. The van der Waals surface area contributed by atoms with Crippen LogP contribution in [0, 0.1) is 11.8 Å². The molecular formula is C10H14N2O3. The lowest BCUT2D eigenvalue weighted by Crippen LogP contribution is -2.25. The summed E-state index contributed by atoms with van der Waals surface area (Å²) in [6.45, 7) is 0. The maximum absolute atomic E-state index is 11.6. The first-order valence-electron chi connectivity index (χ1n) is 5.43. The van der Waals surface area contributed by atoms with E-state index in [0.29, 0.717) is 11.8 Å². The zero-order valence-corrected chi connectivity index (χ0v) is 8.68. The van der Waals surface area contributed by atoms with Crippen molar-refractivity contribution < 1.29 is 9.15 Å². The number of aromatic nitrogens is 2. The summed E-state index contributed by atoms with van der Waals surface area (Å²) in [6, 6.07) is 0.255. The van der Waals surface area contributed by atoms with Gasteiger partial charge in [-0.15, -0.1) is 0 Å². The van der Waals surface area contributed by atoms with Crippen LogP contribution in [-0.4, -0.2) is 16.9 Å². The lowest BCUT2D eigenvalue weighted by molar-refractivity contribution is 0.281. The van der Waals surface area contributed by atoms with E-state index in [1.54, 1.807) is 0 Å². The van der Waals surface area contributed by atoms with E-state index in [4.69, 9.17) is 9.15 Å². The van der Waals surface area contributed by atoms with Crippen molar-refractivity contribution >= 4 is 0 Å². The molecule has 0 aromatic carbocycles. The quantitative estimate of drug-likeness (QED) is 0.749. The maximum Gasteiger partial charge on any atom is 0.439 e. The normalized spacial score (nSPS) is 20.9. The average Bonchev–Trinajstić information content (AvgIpc) is 3.09. The van der Waals surface area contributed by atoms with Gasteiger partial charge in [-0.05, 0) is 37.5 Å². The van der Waals surface area contributed by atoms with Crippen molar-refractivity contribution in [1.29, 1.82) is 0 Å². The van der Waals surface area contributed by atoms with Crippen LogP contribution in [0.25, 0.3) is 0 Å². The zero-order chi connectivity index (χ0) is 10.4. The topological polar surface area (TPSA) is 57.3 Å². The SMILES string of the molecule is COc1nn(C(C2CC2)C2CC2)c(=O)o1. The summed E-state index contributed by atoms with van der Waals surface area (Å²) in [7, 11) is 1.46. The molecule has 15 heavy (non-hydrogen) atoms. The maximum atomic E-state index is 11.6. The highest BCUT2D eigenvalue weighted by Crippen LogP contribution is 2.51. The molecule has 0 spiro atoms. The Labute approximate surface area is 87.0 Å². The third kappa shape index (κ3) is 1.56. The number of methoxy groups -OCH3 is 1. The van der Waals surface area contributed by atoms with Crippen molar-refractivity contribution in [3.63, 3.8) is 0 Å². The van der Waals surface area contributed by atoms with Crippen LogP contribution < -0.4 is 10.5 Å². The molecule has 0 saturated heterocycles. The Hall–Kier alpha value is -1.26. The van der Waals surface area contributed by atoms with E-state index in [1.807, 2.05) is 0 Å². The summed E-state index contributed by atoms with van der Waals surface area (Å²) in [5.74, 6) is 0.880. The fraction of sp³-hybridized carbons (Fsp3) is 0.800. The Bertz CT molecular complexity index is 403. The van der Waals surface area contributed by atoms with E-state index >= 15 is 0 Å². The largest absolute Gasteiger partial charge is 0.452 e. The third-order valence-electron chi connectivity index (χ3n) is 3.22. The molecule has 3 rings (SSSR count). The van der Waals surface area contributed by atoms with Crippen LogP contribution in [0.4, 0.5) is 0 Å². The zero-order valence-electron chi connectivity index (χ0n) is 8.68. The first-order valence-corrected chi connectivity index (χ1v) is 5.43. The molecule has 0 atom stereocenters. The van der Waals surface area contributed by atoms with Gasteiger partial charge < -0.3 is 9.15 Å². The fourth-order valence-electron chi connectivity index (χ4n) is 2.20. The number of rotatable bonds is 4. The highest BCUT2D eigenvalue weighted by Gasteiger charge is 2.44. The molecule has 82 valence electrons. The van der Waals surface area contributed by atoms with E-state index in [9.17, 15) is 4.79 Å². The molecular weight excluding hydrogens is 196 g/mol. The summed E-state index contributed by atoms with van der Waals surface area (Å²) < 4.78 is 11.2. The van der Waals surface area contributed by atoms with Gasteiger partial charge in [0, 0.05) is 0 Å². The molecule has 0 unspecified atom stereocenters. The van der Waals surface area contributed by atoms with Gasteiger partial charge in [0.15, 0.2) is 0 Å². The van der Waals surface area contributed by atoms with Crippen LogP contribution in [0.1, 0.15) is 31.7 Å². The second-order valence-electron chi connectivity index (χ2n) is 4.45. The van der Waals surface area contributed by atoms with Crippen LogP contribution in [0.5, 0.6) is 6.08 Å². The van der Waals surface area contributed by atoms with Gasteiger partial charge in [-0.1, -0.05) is 5.10 Å². The Morgan fingerprint density at radius 3 is 2.40 bits per heavy atom. The van der Waals surface area contributed by atoms with Crippen molar-refractivity contribution in [2.24, 2.45) is 11.8 Å². The van der Waals surface area contributed by atoms with Crippen molar-refractivity contribution in [2.45, 2.75) is 31.7 Å². The molecule has 1 aromatic heterocycles. The van der Waals surface area contributed by atoms with Crippen molar-refractivity contribution in [2.75, 3.05) is 7.11 Å². The molecule has 2 aliphatic rings. The fourth-order valence-corrected chi connectivity index (χ4v) is 2.20. The van der Waals surface area contributed by atoms with Gasteiger partial charge in [0.05, 0.1) is 13.2 Å². The minimum Gasteiger partial charge on any atom is -0.452 e. The molecule has 1 aromatic rings. The summed E-state index contributed by atoms with van der Waals surface area (Å²) in [6.07, 6.45) is 4.92. The summed E-state index contributed by atoms with van der Waals surface area (Å²) in [5, 5.41) is 4.07. The van der Waals surface area contributed by atoms with E-state index < -0.39 is 0 Å². The van der Waals surface area contributed by atoms with Gasteiger partial charge in [0.2, 0.25) is 0 Å². The monoisotopic (exact) mass is 210 g/mol. The van der Waals surface area contributed by atoms with Crippen LogP contribution in [-0.2, 0) is 0 Å². The number of hydrogen-bond donors (Lipinski definition) is 0. The number of ether oxygens (including phenoxy) is 1. The Morgan fingerprint density at radius 2 is 2.00 bits per heavy atom. The number of nitrogens with zero attached hydrogens (tertiary/aromatic N) is 2. The van der Waals surface area contributed by atoms with Crippen LogP contribution >= 0.6 is 0 Å². The van der Waals surface area contributed by atoms with Crippen molar-refractivity contribution in [1.82, 2.24) is 9.78 Å². The highest BCUT2D eigenvalue weighted by atomic mass is 16.6. The highest BCUT2D eigenvalue weighted by molar-refractivity contribution is 4.96. The first-order chi connectivity index (χ1) is 7.29. The van der Waals surface area contributed by atoms with Gasteiger partial charge in [0.1, 0.15) is 0 Å². The minimum absolute atomic E-state index is 0.0753. The summed E-state index contributed by atoms with van der Waals surface area (Å²) in [4.78, 5) is 11.6. The minimum atomic E-state index is -0.379. The lowest BCUT2D eigenvalue weighted by atomic mass is 10.1. The van der Waals surface area contributed by atoms with E-state index in [-0.39, 0.29) is 17.9 Å². The first kappa shape index (κ1) is 9.00. The van der Waals surface area contributed by atoms with Crippen molar-refractivity contribution in [3.8, 4) is 6.08 Å². The van der Waals surface area contributed by atoms with E-state index in [1.165, 1.54) is 37.5 Å². The molecule has 1 heterocycles. The average molecular weight is 210 g/mol. The van der Waals surface area contributed by atoms with E-state index in [0.717, 1.165) is 0 Å². The molecule has 0 bridgehead atoms. The molecule has 0 amide bonds. The lowest BCUT2D eigenvalue weighted by Gasteiger charge is -2.12. The second kappa shape index (κ2) is 3.12. The molecule has 0 N–H and O–H groups in total. The third-order valence-corrected chi connectivity index (χ3v) is 3.22. The Morgan fingerprint density at radius 1 is 1.40 bits per heavy atom. The Balaban J connectivity index is 1.94. The molecule has 5 heteroatoms. The van der Waals surface area contributed by atoms with Gasteiger partial charge in [-0.25, -0.2) is 4.79 Å². The van der Waals surface area contributed by atoms with Crippen LogP contribution in [0.3, 0.4) is 0 Å². The molecule has 2 saturated carbocycles. The van der Waals surface area contributed by atoms with Crippen LogP contribution in [0.15, 0.2) is 9.21 Å². The molecule has 0 radical (unpaired) electrons. The predicted octanol–water partition coefficient (Wildman–Crippen LogP) is 1.21. The van der Waals surface area contributed by atoms with E-state index in [2.05, 4.69) is 5.10 Å². The van der Waals surface area contributed by atoms with Gasteiger partial charge in [0.25, 0.3) is 0 Å². The van der Waals surface area contributed by atoms with Gasteiger partial charge in [-0.2, -0.15) is 4.68 Å². The molecule has 2 aliphatic carbocycles. The van der Waals surface area contributed by atoms with Crippen LogP contribution in [0.2, 0.25) is 0 Å². The second-order valence-corrected chi connectivity index (χ2v) is 4.45. The summed E-state index contributed by atoms with van der Waals surface area (Å²) >= 11 is 0.